The van der Waals surface area contributed by atoms with E-state index in [1.165, 1.54) is 28.4 Å². The molecule has 0 radical (unpaired) electrons. The standard InChI is InChI=1S/C48H58O12.C42H54O12/c1-57-25-39-21-37(22-40(26-58-2)47(39)55)44(38-23-41(27-59-3)48(56)42(24-38)28-60-4)30-7-5-29(6-8-30)43(35-17-31(9-13-49)45(53)32(18-35)10-14-50)36-19-33(11-15-51)46(54)34(20-36)12-16-52;1-51-21-33-17-31(18-34(22-52-2)41(33)49)38(32-19-35(23-53-3)42(50)36(20-32)24-54-4)37(29-13-25(5-9-43)39(47)26(14-29)6-10-44)30-15-27(7-11-45)40(48)28(16-30)8-12-46/h5-8,17-24,43-44,49-56H,9-16,25-28H2,1-4H3;13-20,37-38,43-50H,5-12,21-24H2,1-4H3. The molecule has 0 aliphatic heterocycles. The molecular weight excluding hydrogens is 1460 g/mol. The second kappa shape index (κ2) is 44.6. The summed E-state index contributed by atoms with van der Waals surface area (Å²) in [5.41, 5.74) is 15.9. The van der Waals surface area contributed by atoms with Gasteiger partial charge >= 0.3 is 0 Å². The van der Waals surface area contributed by atoms with Gasteiger partial charge in [-0.1, -0.05) is 72.8 Å². The van der Waals surface area contributed by atoms with Gasteiger partial charge in [-0.2, -0.15) is 0 Å². The average Bonchev–Trinajstić information content (AvgIpc) is 0.756. The Morgan fingerprint density at radius 2 is 0.307 bits per heavy atom. The Labute approximate surface area is 666 Å². The van der Waals surface area contributed by atoms with Crippen molar-refractivity contribution in [3.63, 3.8) is 0 Å². The van der Waals surface area contributed by atoms with Crippen molar-refractivity contribution >= 4 is 0 Å². The van der Waals surface area contributed by atoms with Crippen LogP contribution in [0.3, 0.4) is 0 Å². The number of ether oxygens (including phenoxy) is 8. The van der Waals surface area contributed by atoms with Gasteiger partial charge in [-0.15, -0.1) is 0 Å². The van der Waals surface area contributed by atoms with Crippen LogP contribution in [-0.2, 0) is 142 Å². The second-order valence-electron chi connectivity index (χ2n) is 28.2. The predicted octanol–water partition coefficient (Wildman–Crippen LogP) is 9.79. The van der Waals surface area contributed by atoms with Gasteiger partial charge in [-0.3, -0.25) is 0 Å². The SMILES string of the molecule is COCc1cc(C(c2cc(COC)c(O)c(COC)c2)C(c2cc(CCO)c(O)c(CCO)c2)c2cc(CCO)c(O)c(CCO)c2)cc(COC)c1O.COCc1cc(C(c2ccc(C(c3cc(CCO)c(O)c(CCO)c3)c3cc(CCO)c(O)c(CCO)c3)cc2)c2cc(COC)c(O)c(COC)c2)cc(COC)c1O. The number of methoxy groups -OCH3 is 8. The molecule has 9 aromatic carbocycles. The molecule has 0 fully saturated rings. The smallest absolute Gasteiger partial charge is 0.126 e. The largest absolute Gasteiger partial charge is 0.507 e. The van der Waals surface area contributed by atoms with Crippen LogP contribution in [0.2, 0.25) is 0 Å². The molecule has 0 spiro atoms. The fraction of sp³-hybridized carbons (Fsp3) is 0.400. The minimum Gasteiger partial charge on any atom is -0.507 e. The molecule has 0 aliphatic rings. The van der Waals surface area contributed by atoms with Crippen molar-refractivity contribution in [3.05, 3.63) is 266 Å². The Balaban J connectivity index is 0.000000287. The van der Waals surface area contributed by atoms with E-state index in [0.29, 0.717) is 100 Å². The zero-order chi connectivity index (χ0) is 82.7. The first-order chi connectivity index (χ1) is 55.2. The monoisotopic (exact) mass is 1580 g/mol. The molecule has 0 heterocycles. The van der Waals surface area contributed by atoms with Crippen molar-refractivity contribution in [1.82, 2.24) is 0 Å². The van der Waals surface area contributed by atoms with E-state index >= 15 is 0 Å². The van der Waals surface area contributed by atoms with Crippen LogP contribution in [0, 0.1) is 0 Å². The molecule has 0 aliphatic carbocycles. The molecule has 114 heavy (non-hydrogen) atoms. The maximum Gasteiger partial charge on any atom is 0.126 e. The molecule has 0 saturated heterocycles. The van der Waals surface area contributed by atoms with E-state index < -0.39 is 23.7 Å². The number of aromatic hydroxyl groups is 8. The van der Waals surface area contributed by atoms with Crippen LogP contribution in [-0.4, -0.2) is 191 Å². The number of phenols is 8. The molecular formula is C90H112O24. The quantitative estimate of drug-likeness (QED) is 0.0158. The number of benzene rings is 9. The van der Waals surface area contributed by atoms with Crippen molar-refractivity contribution in [1.29, 1.82) is 0 Å². The molecule has 9 rings (SSSR count). The summed E-state index contributed by atoms with van der Waals surface area (Å²) in [5, 5.41) is 170. The first kappa shape index (κ1) is 90.3. The van der Waals surface area contributed by atoms with Gasteiger partial charge in [0.25, 0.3) is 0 Å². The minimum atomic E-state index is -0.665. The molecule has 0 aromatic heterocycles. The summed E-state index contributed by atoms with van der Waals surface area (Å²) in [6.07, 6.45) is 1.22. The van der Waals surface area contributed by atoms with Crippen molar-refractivity contribution in [2.24, 2.45) is 0 Å². The fourth-order valence-electron chi connectivity index (χ4n) is 15.5. The summed E-state index contributed by atoms with van der Waals surface area (Å²) < 4.78 is 44.0. The fourth-order valence-corrected chi connectivity index (χ4v) is 15.5. The van der Waals surface area contributed by atoms with Crippen LogP contribution >= 0.6 is 0 Å². The summed E-state index contributed by atoms with van der Waals surface area (Å²) in [4.78, 5) is 0. The maximum absolute atomic E-state index is 11.3. The van der Waals surface area contributed by atoms with E-state index in [2.05, 4.69) is 0 Å². The lowest BCUT2D eigenvalue weighted by Gasteiger charge is -2.33. The van der Waals surface area contributed by atoms with Gasteiger partial charge in [0.05, 0.1) is 52.9 Å². The average molecular weight is 1580 g/mol. The Morgan fingerprint density at radius 1 is 0.184 bits per heavy atom. The van der Waals surface area contributed by atoms with Crippen LogP contribution in [0.15, 0.2) is 121 Å². The molecule has 0 saturated carbocycles. The number of hydrogen-bond acceptors (Lipinski definition) is 24. The molecule has 9 aromatic rings. The Morgan fingerprint density at radius 3 is 0.447 bits per heavy atom. The van der Waals surface area contributed by atoms with Crippen molar-refractivity contribution in [2.45, 2.75) is 128 Å². The highest BCUT2D eigenvalue weighted by Crippen LogP contribution is 2.50. The third-order valence-corrected chi connectivity index (χ3v) is 20.5. The van der Waals surface area contributed by atoms with Crippen LogP contribution in [0.4, 0.5) is 0 Å². The number of phenolic OH excluding ortho intramolecular Hbond substituents is 8. The first-order valence-electron chi connectivity index (χ1n) is 37.8. The van der Waals surface area contributed by atoms with Crippen molar-refractivity contribution in [2.75, 3.05) is 110 Å². The molecule has 0 atom stereocenters. The topological polar surface area (TPSA) is 398 Å². The van der Waals surface area contributed by atoms with Crippen LogP contribution < -0.4 is 0 Å². The van der Waals surface area contributed by atoms with Gasteiger partial charge in [0.1, 0.15) is 46.0 Å². The Kier molecular flexibility index (Phi) is 35.3. The van der Waals surface area contributed by atoms with E-state index in [0.717, 1.165) is 44.5 Å². The Hall–Kier alpha value is -9.26. The lowest BCUT2D eigenvalue weighted by Crippen LogP contribution is -2.18. The van der Waals surface area contributed by atoms with E-state index in [1.807, 2.05) is 121 Å². The summed E-state index contributed by atoms with van der Waals surface area (Å²) in [6, 6.07) is 37.7. The van der Waals surface area contributed by atoms with Crippen molar-refractivity contribution in [3.8, 4) is 46.0 Å². The van der Waals surface area contributed by atoms with Crippen LogP contribution in [0.5, 0.6) is 46.0 Å². The van der Waals surface area contributed by atoms with Crippen LogP contribution in [0.25, 0.3) is 0 Å². The van der Waals surface area contributed by atoms with Gasteiger partial charge in [-0.25, -0.2) is 0 Å². The molecule has 0 unspecified atom stereocenters. The molecule has 0 amide bonds. The summed E-state index contributed by atoms with van der Waals surface area (Å²) in [5.74, 6) is -2.12. The number of aliphatic hydroxyl groups excluding tert-OH is 8. The van der Waals surface area contributed by atoms with Crippen LogP contribution in [0.1, 0.15) is 168 Å². The third-order valence-electron chi connectivity index (χ3n) is 20.5. The lowest BCUT2D eigenvalue weighted by molar-refractivity contribution is 0.174. The summed E-state index contributed by atoms with van der Waals surface area (Å²) in [6.45, 7) is -0.916. The molecule has 616 valence electrons. The second-order valence-corrected chi connectivity index (χ2v) is 28.2. The molecule has 0 bridgehead atoms. The number of rotatable bonds is 43. The van der Waals surface area contributed by atoms with E-state index in [-0.39, 0.29) is 203 Å². The minimum absolute atomic E-state index is 0.00981. The van der Waals surface area contributed by atoms with Gasteiger partial charge in [0.15, 0.2) is 0 Å². The lowest BCUT2D eigenvalue weighted by atomic mass is 9.71. The van der Waals surface area contributed by atoms with Gasteiger partial charge in [0, 0.05) is 178 Å². The zero-order valence-electron chi connectivity index (χ0n) is 66.2. The highest BCUT2D eigenvalue weighted by Gasteiger charge is 2.35. The number of aliphatic hydroxyl groups is 8. The van der Waals surface area contributed by atoms with Crippen molar-refractivity contribution < 1.29 is 120 Å². The molecule has 16 N–H and O–H groups in total. The zero-order valence-corrected chi connectivity index (χ0v) is 66.2. The highest BCUT2D eigenvalue weighted by molar-refractivity contribution is 5.61. The van der Waals surface area contributed by atoms with Gasteiger partial charge in [-0.05, 0) is 200 Å². The third kappa shape index (κ3) is 21.8. The normalized spacial score (nSPS) is 11.6. The van der Waals surface area contributed by atoms with Gasteiger partial charge < -0.3 is 120 Å². The van der Waals surface area contributed by atoms with E-state index in [1.54, 1.807) is 28.4 Å². The van der Waals surface area contributed by atoms with Gasteiger partial charge in [0.2, 0.25) is 0 Å². The maximum atomic E-state index is 11.3. The molecule has 24 nitrogen and oxygen atoms in total. The Bertz CT molecular complexity index is 3830. The summed E-state index contributed by atoms with van der Waals surface area (Å²) >= 11 is 0. The first-order valence-corrected chi connectivity index (χ1v) is 37.8. The predicted molar refractivity (Wildman–Crippen MR) is 429 cm³/mol. The highest BCUT2D eigenvalue weighted by atomic mass is 16.5. The van der Waals surface area contributed by atoms with E-state index in [4.69, 9.17) is 37.9 Å². The molecule has 24 heteroatoms. The summed E-state index contributed by atoms with van der Waals surface area (Å²) in [7, 11) is 12.3. The van der Waals surface area contributed by atoms with E-state index in [9.17, 15) is 81.7 Å². The number of hydrogen-bond donors (Lipinski definition) is 16.